The Bertz CT molecular complexity index is 216. The van der Waals surface area contributed by atoms with Crippen molar-refractivity contribution >= 4 is 0 Å². The number of hydrogen-bond donors (Lipinski definition) is 2. The molecule has 1 aliphatic heterocycles. The first-order chi connectivity index (χ1) is 8.28. The summed E-state index contributed by atoms with van der Waals surface area (Å²) in [6.07, 6.45) is 8.35. The Hall–Kier alpha value is -0.120. The molecule has 100 valence electrons. The smallest absolute Gasteiger partial charge is 0.0669 e. The topological polar surface area (TPSA) is 43.7 Å². The second kappa shape index (κ2) is 6.72. The molecule has 1 saturated carbocycles. The fourth-order valence-electron chi connectivity index (χ4n) is 3.50. The van der Waals surface area contributed by atoms with Gasteiger partial charge < -0.3 is 15.1 Å². The highest BCUT2D eigenvalue weighted by Gasteiger charge is 2.25. The van der Waals surface area contributed by atoms with Gasteiger partial charge in [-0.1, -0.05) is 25.7 Å². The van der Waals surface area contributed by atoms with Crippen molar-refractivity contribution in [1.29, 1.82) is 0 Å². The predicted octanol–water partition coefficient (Wildman–Crippen LogP) is 1.63. The standard InChI is InChI=1S/C14H27NO2/c16-8-6-13-5-7-15(10-13)11-14(17)9-12-3-1-2-4-12/h12-14,16-17H,1-11H2. The summed E-state index contributed by atoms with van der Waals surface area (Å²) in [5.41, 5.74) is 0. The number of hydrogen-bond acceptors (Lipinski definition) is 3. The van der Waals surface area contributed by atoms with Gasteiger partial charge in [-0.3, -0.25) is 0 Å². The quantitative estimate of drug-likeness (QED) is 0.743. The fourth-order valence-corrected chi connectivity index (χ4v) is 3.50. The average molecular weight is 241 g/mol. The van der Waals surface area contributed by atoms with Gasteiger partial charge in [-0.2, -0.15) is 0 Å². The second-order valence-corrected chi connectivity index (χ2v) is 5.97. The van der Waals surface area contributed by atoms with Gasteiger partial charge in [0, 0.05) is 19.7 Å². The lowest BCUT2D eigenvalue weighted by Crippen LogP contribution is -2.31. The SMILES string of the molecule is OCCC1CCN(CC(O)CC2CCCC2)C1. The Morgan fingerprint density at radius 3 is 2.59 bits per heavy atom. The molecule has 17 heavy (non-hydrogen) atoms. The van der Waals surface area contributed by atoms with Crippen molar-refractivity contribution in [2.24, 2.45) is 11.8 Å². The number of likely N-dealkylation sites (tertiary alicyclic amines) is 1. The van der Waals surface area contributed by atoms with E-state index >= 15 is 0 Å². The van der Waals surface area contributed by atoms with Gasteiger partial charge in [0.2, 0.25) is 0 Å². The molecule has 2 atom stereocenters. The normalized spacial score (nSPS) is 28.9. The van der Waals surface area contributed by atoms with E-state index < -0.39 is 0 Å². The monoisotopic (exact) mass is 241 g/mol. The van der Waals surface area contributed by atoms with Crippen LogP contribution in [-0.2, 0) is 0 Å². The zero-order valence-corrected chi connectivity index (χ0v) is 10.9. The summed E-state index contributed by atoms with van der Waals surface area (Å²) in [4.78, 5) is 2.37. The van der Waals surface area contributed by atoms with Crippen LogP contribution in [0, 0.1) is 11.8 Å². The Balaban J connectivity index is 1.63. The summed E-state index contributed by atoms with van der Waals surface area (Å²) in [6, 6.07) is 0. The lowest BCUT2D eigenvalue weighted by molar-refractivity contribution is 0.0991. The minimum Gasteiger partial charge on any atom is -0.396 e. The van der Waals surface area contributed by atoms with Crippen LogP contribution in [0.2, 0.25) is 0 Å². The van der Waals surface area contributed by atoms with Crippen LogP contribution < -0.4 is 0 Å². The molecule has 2 N–H and O–H groups in total. The van der Waals surface area contributed by atoms with E-state index in [1.54, 1.807) is 0 Å². The maximum atomic E-state index is 10.1. The summed E-state index contributed by atoms with van der Waals surface area (Å²) >= 11 is 0. The van der Waals surface area contributed by atoms with Crippen LogP contribution >= 0.6 is 0 Å². The van der Waals surface area contributed by atoms with Crippen molar-refractivity contribution in [2.45, 2.75) is 51.0 Å². The van der Waals surface area contributed by atoms with Crippen LogP contribution in [0.5, 0.6) is 0 Å². The molecule has 2 unspecified atom stereocenters. The number of nitrogens with zero attached hydrogens (tertiary/aromatic N) is 1. The molecule has 0 bridgehead atoms. The van der Waals surface area contributed by atoms with Crippen LogP contribution in [0.3, 0.4) is 0 Å². The molecule has 3 nitrogen and oxygen atoms in total. The number of β-amino-alcohol motifs (C(OH)–C–C–N with tert-alkyl or cyclic N) is 1. The number of aliphatic hydroxyl groups excluding tert-OH is 2. The highest BCUT2D eigenvalue weighted by molar-refractivity contribution is 4.79. The Morgan fingerprint density at radius 1 is 1.12 bits per heavy atom. The molecule has 1 aliphatic carbocycles. The average Bonchev–Trinajstić information content (AvgIpc) is 2.91. The van der Waals surface area contributed by atoms with Gasteiger partial charge in [0.1, 0.15) is 0 Å². The van der Waals surface area contributed by atoms with Crippen LogP contribution in [0.1, 0.15) is 44.9 Å². The number of rotatable bonds is 6. The molecule has 0 aromatic carbocycles. The number of aliphatic hydroxyl groups is 2. The van der Waals surface area contributed by atoms with E-state index in [1.807, 2.05) is 0 Å². The zero-order chi connectivity index (χ0) is 12.1. The lowest BCUT2D eigenvalue weighted by Gasteiger charge is -2.22. The van der Waals surface area contributed by atoms with E-state index in [1.165, 1.54) is 32.1 Å². The third-order valence-electron chi connectivity index (χ3n) is 4.46. The van der Waals surface area contributed by atoms with Crippen molar-refractivity contribution < 1.29 is 10.2 Å². The molecular formula is C14H27NO2. The van der Waals surface area contributed by atoms with Gasteiger partial charge in [0.05, 0.1) is 6.10 Å². The molecule has 1 saturated heterocycles. The van der Waals surface area contributed by atoms with E-state index in [0.29, 0.717) is 12.5 Å². The van der Waals surface area contributed by atoms with Crippen LogP contribution in [0.4, 0.5) is 0 Å². The molecular weight excluding hydrogens is 214 g/mol. The van der Waals surface area contributed by atoms with Crippen molar-refractivity contribution in [3.8, 4) is 0 Å². The van der Waals surface area contributed by atoms with Crippen molar-refractivity contribution in [2.75, 3.05) is 26.2 Å². The maximum Gasteiger partial charge on any atom is 0.0669 e. The summed E-state index contributed by atoms with van der Waals surface area (Å²) in [5.74, 6) is 1.43. The van der Waals surface area contributed by atoms with Gasteiger partial charge in [0.15, 0.2) is 0 Å². The van der Waals surface area contributed by atoms with Crippen LogP contribution in [0.25, 0.3) is 0 Å². The third kappa shape index (κ3) is 4.23. The summed E-state index contributed by atoms with van der Waals surface area (Å²) in [5, 5.41) is 19.0. The van der Waals surface area contributed by atoms with Crippen molar-refractivity contribution in [1.82, 2.24) is 4.90 Å². The van der Waals surface area contributed by atoms with E-state index in [2.05, 4.69) is 4.90 Å². The first-order valence-corrected chi connectivity index (χ1v) is 7.29. The van der Waals surface area contributed by atoms with Gasteiger partial charge in [-0.15, -0.1) is 0 Å². The second-order valence-electron chi connectivity index (χ2n) is 5.97. The molecule has 0 amide bonds. The lowest BCUT2D eigenvalue weighted by atomic mass is 10.00. The molecule has 1 heterocycles. The Kier molecular flexibility index (Phi) is 5.26. The van der Waals surface area contributed by atoms with Crippen molar-refractivity contribution in [3.63, 3.8) is 0 Å². The molecule has 0 aromatic rings. The molecule has 3 heteroatoms. The van der Waals surface area contributed by atoms with E-state index in [0.717, 1.165) is 38.4 Å². The molecule has 2 aliphatic rings. The molecule has 0 spiro atoms. The van der Waals surface area contributed by atoms with Gasteiger partial charge in [-0.05, 0) is 37.6 Å². The Labute approximate surface area is 105 Å². The highest BCUT2D eigenvalue weighted by atomic mass is 16.3. The van der Waals surface area contributed by atoms with Crippen LogP contribution in [0.15, 0.2) is 0 Å². The fraction of sp³-hybridized carbons (Fsp3) is 1.00. The summed E-state index contributed by atoms with van der Waals surface area (Å²) < 4.78 is 0. The molecule has 2 fully saturated rings. The maximum absolute atomic E-state index is 10.1. The van der Waals surface area contributed by atoms with Gasteiger partial charge in [-0.25, -0.2) is 0 Å². The van der Waals surface area contributed by atoms with Crippen molar-refractivity contribution in [3.05, 3.63) is 0 Å². The minimum absolute atomic E-state index is 0.133. The highest BCUT2D eigenvalue weighted by Crippen LogP contribution is 2.29. The van der Waals surface area contributed by atoms with Gasteiger partial charge >= 0.3 is 0 Å². The van der Waals surface area contributed by atoms with E-state index in [-0.39, 0.29) is 6.10 Å². The predicted molar refractivity (Wildman–Crippen MR) is 68.8 cm³/mol. The Morgan fingerprint density at radius 2 is 1.88 bits per heavy atom. The largest absolute Gasteiger partial charge is 0.396 e. The van der Waals surface area contributed by atoms with E-state index in [9.17, 15) is 5.11 Å². The third-order valence-corrected chi connectivity index (χ3v) is 4.46. The van der Waals surface area contributed by atoms with Gasteiger partial charge in [0.25, 0.3) is 0 Å². The summed E-state index contributed by atoms with van der Waals surface area (Å²) in [6.45, 7) is 3.33. The first-order valence-electron chi connectivity index (χ1n) is 7.29. The molecule has 0 aromatic heterocycles. The molecule has 2 rings (SSSR count). The van der Waals surface area contributed by atoms with Crippen LogP contribution in [-0.4, -0.2) is 47.5 Å². The molecule has 0 radical (unpaired) electrons. The van der Waals surface area contributed by atoms with E-state index in [4.69, 9.17) is 5.11 Å². The minimum atomic E-state index is -0.133. The first kappa shape index (κ1) is 13.3. The zero-order valence-electron chi connectivity index (χ0n) is 10.9. The summed E-state index contributed by atoms with van der Waals surface area (Å²) in [7, 11) is 0.